The summed E-state index contributed by atoms with van der Waals surface area (Å²) in [4.78, 5) is 11.5. The summed E-state index contributed by atoms with van der Waals surface area (Å²) in [6, 6.07) is 13.6. The molecule has 1 N–H and O–H groups in total. The van der Waals surface area contributed by atoms with E-state index in [-0.39, 0.29) is 11.3 Å². The van der Waals surface area contributed by atoms with Crippen molar-refractivity contribution in [2.45, 2.75) is 17.4 Å². The van der Waals surface area contributed by atoms with Crippen LogP contribution in [0.2, 0.25) is 0 Å². The van der Waals surface area contributed by atoms with Crippen LogP contribution in [-0.4, -0.2) is 25.5 Å². The Morgan fingerprint density at radius 1 is 1.05 bits per heavy atom. The van der Waals surface area contributed by atoms with Gasteiger partial charge >= 0.3 is 5.97 Å². The average molecular weight is 303 g/mol. The third-order valence-corrected chi connectivity index (χ3v) is 5.35. The second-order valence-corrected chi connectivity index (χ2v) is 6.62. The summed E-state index contributed by atoms with van der Waals surface area (Å²) < 4.78 is 26.6. The van der Waals surface area contributed by atoms with Crippen LogP contribution in [-0.2, 0) is 21.2 Å². The molecule has 2 aromatic rings. The summed E-state index contributed by atoms with van der Waals surface area (Å²) in [5, 5.41) is 9.36. The topological polar surface area (TPSA) is 74.7 Å². The Kier molecular flexibility index (Phi) is 3.17. The van der Waals surface area contributed by atoms with E-state index in [1.807, 2.05) is 0 Å². The maximum absolute atomic E-state index is 12.8. The van der Waals surface area contributed by atoms with E-state index >= 15 is 0 Å². The molecule has 1 unspecified atom stereocenters. The van der Waals surface area contributed by atoms with Crippen molar-refractivity contribution in [3.63, 3.8) is 0 Å². The van der Waals surface area contributed by atoms with Crippen LogP contribution in [0.1, 0.15) is 5.56 Å². The highest BCUT2D eigenvalue weighted by Gasteiger charge is 2.42. The minimum Gasteiger partial charge on any atom is -0.480 e. The molecule has 0 fully saturated rings. The average Bonchev–Trinajstić information content (AvgIpc) is 2.88. The Hall–Kier alpha value is -2.34. The zero-order valence-electron chi connectivity index (χ0n) is 11.0. The molecule has 3 rings (SSSR count). The van der Waals surface area contributed by atoms with Gasteiger partial charge in [0.15, 0.2) is 0 Å². The van der Waals surface area contributed by atoms with E-state index in [1.54, 1.807) is 42.5 Å². The molecule has 1 heterocycles. The van der Waals surface area contributed by atoms with Crippen molar-refractivity contribution in [2.75, 3.05) is 4.31 Å². The van der Waals surface area contributed by atoms with Crippen molar-refractivity contribution < 1.29 is 18.3 Å². The first-order valence-electron chi connectivity index (χ1n) is 6.42. The van der Waals surface area contributed by atoms with Crippen LogP contribution >= 0.6 is 0 Å². The van der Waals surface area contributed by atoms with E-state index in [9.17, 15) is 18.3 Å². The van der Waals surface area contributed by atoms with Crippen molar-refractivity contribution >= 4 is 21.7 Å². The van der Waals surface area contributed by atoms with Gasteiger partial charge in [0, 0.05) is 6.42 Å². The van der Waals surface area contributed by atoms with Crippen molar-refractivity contribution in [1.29, 1.82) is 0 Å². The molecular weight excluding hydrogens is 290 g/mol. The van der Waals surface area contributed by atoms with Gasteiger partial charge in [0.2, 0.25) is 0 Å². The predicted molar refractivity (Wildman–Crippen MR) is 77.7 cm³/mol. The second kappa shape index (κ2) is 4.89. The molecule has 108 valence electrons. The van der Waals surface area contributed by atoms with Crippen LogP contribution in [0.15, 0.2) is 59.5 Å². The minimum atomic E-state index is -3.89. The van der Waals surface area contributed by atoms with E-state index in [0.29, 0.717) is 5.69 Å². The number of rotatable bonds is 3. The molecule has 1 aliphatic heterocycles. The van der Waals surface area contributed by atoms with E-state index in [1.165, 1.54) is 12.1 Å². The van der Waals surface area contributed by atoms with Crippen molar-refractivity contribution in [2.24, 2.45) is 0 Å². The molecule has 0 aliphatic carbocycles. The molecule has 2 aromatic carbocycles. The quantitative estimate of drug-likeness (QED) is 0.939. The van der Waals surface area contributed by atoms with Gasteiger partial charge in [0.05, 0.1) is 10.6 Å². The van der Waals surface area contributed by atoms with Crippen molar-refractivity contribution in [1.82, 2.24) is 0 Å². The van der Waals surface area contributed by atoms with Crippen LogP contribution in [0, 0.1) is 0 Å². The number of nitrogens with zero attached hydrogens (tertiary/aromatic N) is 1. The zero-order chi connectivity index (χ0) is 15.0. The lowest BCUT2D eigenvalue weighted by molar-refractivity contribution is -0.138. The third-order valence-electron chi connectivity index (χ3n) is 3.51. The van der Waals surface area contributed by atoms with Gasteiger partial charge in [-0.3, -0.25) is 4.31 Å². The monoisotopic (exact) mass is 303 g/mol. The zero-order valence-corrected chi connectivity index (χ0v) is 11.8. The molecule has 1 atom stereocenters. The van der Waals surface area contributed by atoms with Crippen molar-refractivity contribution in [3.8, 4) is 0 Å². The number of anilines is 1. The maximum Gasteiger partial charge on any atom is 0.327 e. The largest absolute Gasteiger partial charge is 0.480 e. The molecule has 6 heteroatoms. The smallest absolute Gasteiger partial charge is 0.327 e. The lowest BCUT2D eigenvalue weighted by Gasteiger charge is -2.24. The Labute approximate surface area is 122 Å². The SMILES string of the molecule is O=C(O)C1Cc2ccccc2N1S(=O)(=O)c1ccccc1. The van der Waals surface area contributed by atoms with E-state index in [0.717, 1.165) is 9.87 Å². The van der Waals surface area contributed by atoms with E-state index < -0.39 is 22.0 Å². The van der Waals surface area contributed by atoms with Crippen LogP contribution in [0.4, 0.5) is 5.69 Å². The number of hydrogen-bond acceptors (Lipinski definition) is 3. The first-order chi connectivity index (χ1) is 10.0. The summed E-state index contributed by atoms with van der Waals surface area (Å²) in [5.41, 5.74) is 1.16. The predicted octanol–water partition coefficient (Wildman–Crippen LogP) is 1.89. The molecule has 0 bridgehead atoms. The molecule has 0 saturated carbocycles. The maximum atomic E-state index is 12.8. The van der Waals surface area contributed by atoms with Gasteiger partial charge in [-0.2, -0.15) is 0 Å². The number of fused-ring (bicyclic) bond motifs is 1. The van der Waals surface area contributed by atoms with Gasteiger partial charge in [0.1, 0.15) is 6.04 Å². The highest BCUT2D eigenvalue weighted by Crippen LogP contribution is 2.36. The fraction of sp³-hybridized carbons (Fsp3) is 0.133. The summed E-state index contributed by atoms with van der Waals surface area (Å²) in [6.45, 7) is 0. The standard InChI is InChI=1S/C15H13NO4S/c17-15(18)14-10-11-6-4-5-9-13(11)16(14)21(19,20)12-7-2-1-3-8-12/h1-9,14H,10H2,(H,17,18). The molecule has 0 amide bonds. The fourth-order valence-electron chi connectivity index (χ4n) is 2.55. The first-order valence-corrected chi connectivity index (χ1v) is 7.86. The van der Waals surface area contributed by atoms with Gasteiger partial charge in [-0.15, -0.1) is 0 Å². The number of aliphatic carboxylic acids is 1. The molecule has 21 heavy (non-hydrogen) atoms. The number of para-hydroxylation sites is 1. The van der Waals surface area contributed by atoms with E-state index in [4.69, 9.17) is 0 Å². The number of carboxylic acid groups (broad SMARTS) is 1. The Balaban J connectivity index is 2.17. The van der Waals surface area contributed by atoms with Crippen LogP contribution in [0.3, 0.4) is 0 Å². The summed E-state index contributed by atoms with van der Waals surface area (Å²) in [6.07, 6.45) is 0.178. The molecule has 1 aliphatic rings. The molecule has 0 aromatic heterocycles. The lowest BCUT2D eigenvalue weighted by atomic mass is 10.1. The normalized spacial score (nSPS) is 17.5. The summed E-state index contributed by atoms with van der Waals surface area (Å²) >= 11 is 0. The lowest BCUT2D eigenvalue weighted by Crippen LogP contribution is -2.42. The molecule has 0 saturated heterocycles. The van der Waals surface area contributed by atoms with Crippen LogP contribution < -0.4 is 4.31 Å². The van der Waals surface area contributed by atoms with Gasteiger partial charge in [-0.25, -0.2) is 13.2 Å². The number of carbonyl (C=O) groups is 1. The van der Waals surface area contributed by atoms with E-state index in [2.05, 4.69) is 0 Å². The van der Waals surface area contributed by atoms with Gasteiger partial charge in [0.25, 0.3) is 10.0 Å². The van der Waals surface area contributed by atoms with Crippen molar-refractivity contribution in [3.05, 3.63) is 60.2 Å². The molecule has 0 radical (unpaired) electrons. The molecule has 5 nitrogen and oxygen atoms in total. The van der Waals surface area contributed by atoms with Gasteiger partial charge in [-0.1, -0.05) is 36.4 Å². The molecular formula is C15H13NO4S. The van der Waals surface area contributed by atoms with Gasteiger partial charge in [-0.05, 0) is 23.8 Å². The Morgan fingerprint density at radius 2 is 1.67 bits per heavy atom. The summed E-state index contributed by atoms with van der Waals surface area (Å²) in [7, 11) is -3.89. The number of hydrogen-bond donors (Lipinski definition) is 1. The van der Waals surface area contributed by atoms with Crippen LogP contribution in [0.5, 0.6) is 0 Å². The second-order valence-electron chi connectivity index (χ2n) is 4.80. The molecule has 0 spiro atoms. The number of sulfonamides is 1. The number of benzene rings is 2. The Bertz CT molecular complexity index is 786. The highest BCUT2D eigenvalue weighted by atomic mass is 32.2. The minimum absolute atomic E-state index is 0.0907. The first kappa shape index (κ1) is 13.6. The third kappa shape index (κ3) is 2.17. The highest BCUT2D eigenvalue weighted by molar-refractivity contribution is 7.93. The van der Waals surface area contributed by atoms with Gasteiger partial charge < -0.3 is 5.11 Å². The number of carboxylic acids is 1. The fourth-order valence-corrected chi connectivity index (χ4v) is 4.21. The Morgan fingerprint density at radius 3 is 2.33 bits per heavy atom. The summed E-state index contributed by atoms with van der Waals surface area (Å²) in [5.74, 6) is -1.15. The van der Waals surface area contributed by atoms with Crippen LogP contribution in [0.25, 0.3) is 0 Å².